The van der Waals surface area contributed by atoms with Crippen LogP contribution in [-0.2, 0) is 0 Å². The molecule has 0 atom stereocenters. The number of benzene rings is 2. The average Bonchev–Trinajstić information content (AvgIpc) is 2.42. The summed E-state index contributed by atoms with van der Waals surface area (Å²) in [5, 5.41) is 3.56. The van der Waals surface area contributed by atoms with Crippen LogP contribution in [0.2, 0.25) is 0 Å². The molecule has 2 nitrogen and oxygen atoms in total. The van der Waals surface area contributed by atoms with Crippen molar-refractivity contribution in [3.05, 3.63) is 53.6 Å². The van der Waals surface area contributed by atoms with Gasteiger partial charge in [-0.2, -0.15) is 0 Å². The van der Waals surface area contributed by atoms with Crippen LogP contribution in [-0.4, -0.2) is 13.1 Å². The zero-order chi connectivity index (χ0) is 13.9. The smallest absolute Gasteiger partial charge is 0.0646 e. The zero-order valence-electron chi connectivity index (χ0n) is 12.3. The van der Waals surface area contributed by atoms with Gasteiger partial charge in [-0.1, -0.05) is 30.3 Å². The van der Waals surface area contributed by atoms with Crippen molar-refractivity contribution in [1.82, 2.24) is 0 Å². The van der Waals surface area contributed by atoms with Crippen molar-refractivity contribution in [1.29, 1.82) is 0 Å². The summed E-state index contributed by atoms with van der Waals surface area (Å²) in [5.74, 6) is 0. The van der Waals surface area contributed by atoms with Gasteiger partial charge in [0.05, 0.1) is 11.4 Å². The highest BCUT2D eigenvalue weighted by atomic mass is 15.2. The largest absolute Gasteiger partial charge is 0.383 e. The Morgan fingerprint density at radius 2 is 1.65 bits per heavy atom. The number of rotatable bonds is 1. The number of hydrogen-bond donors (Lipinski definition) is 1. The lowest BCUT2D eigenvalue weighted by Gasteiger charge is -2.32. The fourth-order valence-electron chi connectivity index (χ4n) is 3.06. The Labute approximate surface area is 121 Å². The van der Waals surface area contributed by atoms with E-state index in [9.17, 15) is 0 Å². The molecule has 3 rings (SSSR count). The lowest BCUT2D eigenvalue weighted by molar-refractivity contribution is 0.745. The Balaban J connectivity index is 2.13. The summed E-state index contributed by atoms with van der Waals surface area (Å²) in [6.07, 6.45) is 2.44. The van der Waals surface area contributed by atoms with Crippen molar-refractivity contribution < 1.29 is 0 Å². The molecule has 0 saturated heterocycles. The monoisotopic (exact) mass is 266 g/mol. The topological polar surface area (TPSA) is 15.3 Å². The maximum absolute atomic E-state index is 3.56. The minimum atomic E-state index is 1.07. The summed E-state index contributed by atoms with van der Waals surface area (Å²) in [4.78, 5) is 2.48. The Morgan fingerprint density at radius 3 is 2.45 bits per heavy atom. The molecule has 0 unspecified atom stereocenters. The first-order chi connectivity index (χ1) is 9.77. The van der Waals surface area contributed by atoms with Crippen molar-refractivity contribution in [2.75, 3.05) is 23.3 Å². The number of nitrogens with one attached hydrogen (secondary N) is 1. The van der Waals surface area contributed by atoms with Crippen molar-refractivity contribution in [3.8, 4) is 0 Å². The van der Waals surface area contributed by atoms with E-state index >= 15 is 0 Å². The van der Waals surface area contributed by atoms with Crippen LogP contribution in [0.5, 0.6) is 0 Å². The standard InChI is InChI=1S/C18H22N2/c1-14-8-7-9-15(2)18(14)20-13-6-5-12-19-16-10-3-4-11-17(16)20/h3-4,7-11,19H,5-6,12-13H2,1-2H3. The first-order valence-electron chi connectivity index (χ1n) is 7.44. The molecule has 0 bridgehead atoms. The van der Waals surface area contributed by atoms with Gasteiger partial charge in [-0.25, -0.2) is 0 Å². The van der Waals surface area contributed by atoms with Gasteiger partial charge >= 0.3 is 0 Å². The van der Waals surface area contributed by atoms with Crippen molar-refractivity contribution in [2.24, 2.45) is 0 Å². The summed E-state index contributed by atoms with van der Waals surface area (Å²) in [7, 11) is 0. The van der Waals surface area contributed by atoms with Crippen LogP contribution in [0.4, 0.5) is 17.1 Å². The van der Waals surface area contributed by atoms with E-state index in [0.29, 0.717) is 0 Å². The van der Waals surface area contributed by atoms with Gasteiger partial charge in [0, 0.05) is 18.8 Å². The van der Waals surface area contributed by atoms with Crippen LogP contribution < -0.4 is 10.2 Å². The minimum absolute atomic E-state index is 1.07. The molecule has 0 fully saturated rings. The molecule has 20 heavy (non-hydrogen) atoms. The number of anilines is 3. The molecule has 0 saturated carbocycles. The molecule has 2 heteroatoms. The molecule has 0 radical (unpaired) electrons. The predicted molar refractivity (Wildman–Crippen MR) is 87.1 cm³/mol. The molecule has 0 aliphatic carbocycles. The third kappa shape index (κ3) is 2.38. The Morgan fingerprint density at radius 1 is 0.900 bits per heavy atom. The van der Waals surface area contributed by atoms with Gasteiger partial charge in [-0.05, 0) is 49.9 Å². The summed E-state index contributed by atoms with van der Waals surface area (Å²) in [5.41, 5.74) is 6.60. The molecular formula is C18H22N2. The fourth-order valence-corrected chi connectivity index (χ4v) is 3.06. The molecule has 1 aliphatic rings. The van der Waals surface area contributed by atoms with Crippen LogP contribution in [0.15, 0.2) is 42.5 Å². The molecule has 104 valence electrons. The second kappa shape index (κ2) is 5.58. The second-order valence-electron chi connectivity index (χ2n) is 5.54. The summed E-state index contributed by atoms with van der Waals surface area (Å²) < 4.78 is 0. The molecule has 0 amide bonds. The van der Waals surface area contributed by atoms with Gasteiger partial charge in [0.25, 0.3) is 0 Å². The van der Waals surface area contributed by atoms with E-state index in [0.717, 1.165) is 13.1 Å². The molecule has 1 heterocycles. The highest BCUT2D eigenvalue weighted by Crippen LogP contribution is 2.36. The summed E-state index contributed by atoms with van der Waals surface area (Å²) in [6.45, 7) is 6.57. The van der Waals surface area contributed by atoms with E-state index in [1.165, 1.54) is 41.0 Å². The SMILES string of the molecule is Cc1cccc(C)c1N1CCCCNc2ccccc21. The molecule has 1 N–H and O–H groups in total. The lowest BCUT2D eigenvalue weighted by Crippen LogP contribution is -2.24. The third-order valence-corrected chi connectivity index (χ3v) is 4.03. The number of para-hydroxylation sites is 3. The normalized spacial score (nSPS) is 15.0. The second-order valence-corrected chi connectivity index (χ2v) is 5.54. The molecule has 1 aliphatic heterocycles. The zero-order valence-corrected chi connectivity index (χ0v) is 12.3. The average molecular weight is 266 g/mol. The van der Waals surface area contributed by atoms with Gasteiger partial charge in [-0.3, -0.25) is 0 Å². The van der Waals surface area contributed by atoms with Crippen LogP contribution in [0.25, 0.3) is 0 Å². The first kappa shape index (κ1) is 13.0. The van der Waals surface area contributed by atoms with Crippen LogP contribution in [0, 0.1) is 13.8 Å². The van der Waals surface area contributed by atoms with Gasteiger partial charge in [0.2, 0.25) is 0 Å². The fraction of sp³-hybridized carbons (Fsp3) is 0.333. The van der Waals surface area contributed by atoms with E-state index in [2.05, 4.69) is 66.5 Å². The van der Waals surface area contributed by atoms with E-state index in [4.69, 9.17) is 0 Å². The van der Waals surface area contributed by atoms with Crippen LogP contribution in [0.1, 0.15) is 24.0 Å². The Kier molecular flexibility index (Phi) is 3.64. The van der Waals surface area contributed by atoms with Gasteiger partial charge < -0.3 is 10.2 Å². The highest BCUT2D eigenvalue weighted by Gasteiger charge is 2.18. The van der Waals surface area contributed by atoms with Crippen molar-refractivity contribution in [2.45, 2.75) is 26.7 Å². The molecule has 2 aromatic rings. The first-order valence-corrected chi connectivity index (χ1v) is 7.44. The number of nitrogens with zero attached hydrogens (tertiary/aromatic N) is 1. The Hall–Kier alpha value is -1.96. The number of fused-ring (bicyclic) bond motifs is 1. The van der Waals surface area contributed by atoms with E-state index in [1.807, 2.05) is 0 Å². The Bertz CT molecular complexity index is 584. The minimum Gasteiger partial charge on any atom is -0.383 e. The quantitative estimate of drug-likeness (QED) is 0.808. The molecular weight excluding hydrogens is 244 g/mol. The summed E-state index contributed by atoms with van der Waals surface area (Å²) >= 11 is 0. The highest BCUT2D eigenvalue weighted by molar-refractivity contribution is 5.79. The van der Waals surface area contributed by atoms with E-state index in [1.54, 1.807) is 0 Å². The molecule has 0 spiro atoms. The maximum Gasteiger partial charge on any atom is 0.0646 e. The van der Waals surface area contributed by atoms with E-state index < -0.39 is 0 Å². The summed E-state index contributed by atoms with van der Waals surface area (Å²) in [6, 6.07) is 15.2. The van der Waals surface area contributed by atoms with Gasteiger partial charge in [0.15, 0.2) is 0 Å². The predicted octanol–water partition coefficient (Wildman–Crippen LogP) is 4.65. The van der Waals surface area contributed by atoms with Crippen LogP contribution in [0.3, 0.4) is 0 Å². The third-order valence-electron chi connectivity index (χ3n) is 4.03. The van der Waals surface area contributed by atoms with Gasteiger partial charge in [0.1, 0.15) is 0 Å². The van der Waals surface area contributed by atoms with Crippen molar-refractivity contribution in [3.63, 3.8) is 0 Å². The van der Waals surface area contributed by atoms with Gasteiger partial charge in [-0.15, -0.1) is 0 Å². The van der Waals surface area contributed by atoms with E-state index in [-0.39, 0.29) is 0 Å². The lowest BCUT2D eigenvalue weighted by atomic mass is 10.0. The number of hydrogen-bond acceptors (Lipinski definition) is 2. The number of aryl methyl sites for hydroxylation is 2. The van der Waals surface area contributed by atoms with Crippen LogP contribution >= 0.6 is 0 Å². The molecule has 2 aromatic carbocycles. The van der Waals surface area contributed by atoms with Crippen molar-refractivity contribution >= 4 is 17.1 Å². The molecule has 0 aromatic heterocycles. The maximum atomic E-state index is 3.56.